The third-order valence-electron chi connectivity index (χ3n) is 4.14. The van der Waals surface area contributed by atoms with Crippen LogP contribution in [0.15, 0.2) is 30.3 Å². The molecule has 0 spiro atoms. The van der Waals surface area contributed by atoms with Gasteiger partial charge in [0.1, 0.15) is 11.6 Å². The Morgan fingerprint density at radius 2 is 2.08 bits per heavy atom. The molecule has 1 N–H and O–H groups in total. The predicted octanol–water partition coefficient (Wildman–Crippen LogP) is 4.32. The highest BCUT2D eigenvalue weighted by Gasteiger charge is 2.23. The van der Waals surface area contributed by atoms with Gasteiger partial charge in [0.05, 0.1) is 17.3 Å². The number of benzene rings is 2. The molecule has 0 unspecified atom stereocenters. The Morgan fingerprint density at radius 1 is 1.29 bits per heavy atom. The molecule has 0 bridgehead atoms. The predicted molar refractivity (Wildman–Crippen MR) is 91.7 cm³/mol. The minimum atomic E-state index is -0.464. The molecule has 2 aromatic carbocycles. The summed E-state index contributed by atoms with van der Waals surface area (Å²) >= 11 is 5.93. The van der Waals surface area contributed by atoms with Crippen molar-refractivity contribution in [2.24, 2.45) is 0 Å². The van der Waals surface area contributed by atoms with E-state index in [0.29, 0.717) is 24.2 Å². The van der Waals surface area contributed by atoms with Crippen molar-refractivity contribution in [2.45, 2.75) is 19.8 Å². The van der Waals surface area contributed by atoms with Crippen molar-refractivity contribution < 1.29 is 13.6 Å². The molecule has 0 radical (unpaired) electrons. The van der Waals surface area contributed by atoms with Crippen molar-refractivity contribution in [3.8, 4) is 0 Å². The number of amides is 1. The molecule has 0 fully saturated rings. The molecule has 1 amide bonds. The monoisotopic (exact) mass is 350 g/mol. The molecule has 3 nitrogen and oxygen atoms in total. The molecule has 0 aliphatic carbocycles. The largest absolute Gasteiger partial charge is 0.362 e. The van der Waals surface area contributed by atoms with E-state index in [-0.39, 0.29) is 23.3 Å². The summed E-state index contributed by atoms with van der Waals surface area (Å²) in [6.45, 7) is 2.68. The number of aryl methyl sites for hydroxylation is 1. The van der Waals surface area contributed by atoms with E-state index < -0.39 is 5.82 Å². The minimum absolute atomic E-state index is 0.0883. The third kappa shape index (κ3) is 3.36. The second-order valence-electron chi connectivity index (χ2n) is 5.89. The molecule has 1 heterocycles. The third-order valence-corrected chi connectivity index (χ3v) is 4.45. The van der Waals surface area contributed by atoms with Crippen LogP contribution >= 0.6 is 11.6 Å². The lowest BCUT2D eigenvalue weighted by Crippen LogP contribution is -2.37. The Hall–Kier alpha value is -2.14. The number of hydrogen-bond acceptors (Lipinski definition) is 2. The first-order chi connectivity index (χ1) is 11.5. The topological polar surface area (TPSA) is 32.3 Å². The molecule has 1 aliphatic heterocycles. The number of hydrogen-bond donors (Lipinski definition) is 1. The Balaban J connectivity index is 1.78. The summed E-state index contributed by atoms with van der Waals surface area (Å²) in [5.74, 6) is -0.976. The van der Waals surface area contributed by atoms with Gasteiger partial charge in [-0.2, -0.15) is 0 Å². The van der Waals surface area contributed by atoms with Gasteiger partial charge in [0, 0.05) is 17.8 Å². The molecule has 24 heavy (non-hydrogen) atoms. The summed E-state index contributed by atoms with van der Waals surface area (Å²) < 4.78 is 27.1. The number of carbonyl (C=O) groups excluding carboxylic acids is 1. The zero-order chi connectivity index (χ0) is 17.3. The van der Waals surface area contributed by atoms with Crippen LogP contribution < -0.4 is 10.2 Å². The Labute approximate surface area is 144 Å². The van der Waals surface area contributed by atoms with Gasteiger partial charge in [0.15, 0.2) is 0 Å². The fraction of sp³-hybridized carbons (Fsp3) is 0.278. The second kappa shape index (κ2) is 6.77. The van der Waals surface area contributed by atoms with E-state index in [9.17, 15) is 13.6 Å². The van der Waals surface area contributed by atoms with Gasteiger partial charge < -0.3 is 10.2 Å². The Bertz CT molecular complexity index is 795. The minimum Gasteiger partial charge on any atom is -0.362 e. The van der Waals surface area contributed by atoms with Crippen LogP contribution in [0.4, 0.5) is 20.2 Å². The van der Waals surface area contributed by atoms with Crippen molar-refractivity contribution in [1.82, 2.24) is 0 Å². The first kappa shape index (κ1) is 16.7. The number of carbonyl (C=O) groups is 1. The summed E-state index contributed by atoms with van der Waals surface area (Å²) in [7, 11) is 0. The van der Waals surface area contributed by atoms with Crippen LogP contribution in [0.5, 0.6) is 0 Å². The maximum absolute atomic E-state index is 14.0. The maximum atomic E-state index is 14.0. The maximum Gasteiger partial charge on any atom is 0.243 e. The molecule has 0 atom stereocenters. The van der Waals surface area contributed by atoms with Gasteiger partial charge in [0.25, 0.3) is 0 Å². The average Bonchev–Trinajstić information content (AvgIpc) is 2.54. The van der Waals surface area contributed by atoms with Crippen molar-refractivity contribution >= 4 is 28.9 Å². The lowest BCUT2D eigenvalue weighted by atomic mass is 9.97. The van der Waals surface area contributed by atoms with E-state index >= 15 is 0 Å². The highest BCUT2D eigenvalue weighted by molar-refractivity contribution is 6.33. The van der Waals surface area contributed by atoms with Crippen LogP contribution in [0.1, 0.15) is 17.5 Å². The van der Waals surface area contributed by atoms with Crippen molar-refractivity contribution in [2.75, 3.05) is 23.3 Å². The van der Waals surface area contributed by atoms with E-state index in [1.165, 1.54) is 18.2 Å². The second-order valence-corrected chi connectivity index (χ2v) is 6.30. The standard InChI is InChI=1S/C18H17ClF2N2O/c1-11-4-6-15(21)13-3-2-8-23(18(11)13)10-17(24)22-16-7-5-12(20)9-14(16)19/h4-7,9H,2-3,8,10H2,1H3,(H,22,24). The molecular weight excluding hydrogens is 334 g/mol. The van der Waals surface area contributed by atoms with Crippen LogP contribution in [-0.2, 0) is 11.2 Å². The number of rotatable bonds is 3. The molecule has 0 saturated heterocycles. The lowest BCUT2D eigenvalue weighted by Gasteiger charge is -2.32. The molecule has 1 aliphatic rings. The molecule has 0 saturated carbocycles. The number of anilines is 2. The molecule has 2 aromatic rings. The number of nitrogens with zero attached hydrogens (tertiary/aromatic N) is 1. The summed E-state index contributed by atoms with van der Waals surface area (Å²) in [6.07, 6.45) is 1.46. The molecule has 3 rings (SSSR count). The molecule has 0 aromatic heterocycles. The molecule has 6 heteroatoms. The van der Waals surface area contributed by atoms with Gasteiger partial charge in [-0.3, -0.25) is 4.79 Å². The first-order valence-corrected chi connectivity index (χ1v) is 8.11. The van der Waals surface area contributed by atoms with Crippen LogP contribution in [0.3, 0.4) is 0 Å². The zero-order valence-electron chi connectivity index (χ0n) is 13.2. The van der Waals surface area contributed by atoms with Crippen LogP contribution in [-0.4, -0.2) is 19.0 Å². The lowest BCUT2D eigenvalue weighted by molar-refractivity contribution is -0.115. The highest BCUT2D eigenvalue weighted by Crippen LogP contribution is 2.32. The van der Waals surface area contributed by atoms with Crippen LogP contribution in [0.2, 0.25) is 5.02 Å². The van der Waals surface area contributed by atoms with E-state index in [1.54, 1.807) is 6.07 Å². The smallest absolute Gasteiger partial charge is 0.243 e. The van der Waals surface area contributed by atoms with E-state index in [0.717, 1.165) is 23.7 Å². The molecular formula is C18H17ClF2N2O. The van der Waals surface area contributed by atoms with E-state index in [4.69, 9.17) is 11.6 Å². The van der Waals surface area contributed by atoms with Crippen LogP contribution in [0.25, 0.3) is 0 Å². The van der Waals surface area contributed by atoms with Gasteiger partial charge in [-0.1, -0.05) is 17.7 Å². The fourth-order valence-corrected chi connectivity index (χ4v) is 3.29. The Kier molecular flexibility index (Phi) is 4.71. The number of fused-ring (bicyclic) bond motifs is 1. The quantitative estimate of drug-likeness (QED) is 0.894. The highest BCUT2D eigenvalue weighted by atomic mass is 35.5. The van der Waals surface area contributed by atoms with Gasteiger partial charge >= 0.3 is 0 Å². The summed E-state index contributed by atoms with van der Waals surface area (Å²) in [5, 5.41) is 2.82. The summed E-state index contributed by atoms with van der Waals surface area (Å²) in [6, 6.07) is 6.99. The van der Waals surface area contributed by atoms with Gasteiger partial charge in [0.2, 0.25) is 5.91 Å². The average molecular weight is 351 g/mol. The van der Waals surface area contributed by atoms with Crippen molar-refractivity contribution in [3.05, 3.63) is 58.1 Å². The van der Waals surface area contributed by atoms with Crippen molar-refractivity contribution in [3.63, 3.8) is 0 Å². The zero-order valence-corrected chi connectivity index (χ0v) is 14.0. The van der Waals surface area contributed by atoms with Gasteiger partial charge in [-0.25, -0.2) is 8.78 Å². The normalized spacial score (nSPS) is 13.6. The van der Waals surface area contributed by atoms with E-state index in [1.807, 2.05) is 11.8 Å². The summed E-state index contributed by atoms with van der Waals surface area (Å²) in [4.78, 5) is 14.2. The van der Waals surface area contributed by atoms with Crippen LogP contribution in [0, 0.1) is 18.6 Å². The van der Waals surface area contributed by atoms with Gasteiger partial charge in [-0.15, -0.1) is 0 Å². The SMILES string of the molecule is Cc1ccc(F)c2c1N(CC(=O)Nc1ccc(F)cc1Cl)CCC2. The fourth-order valence-electron chi connectivity index (χ4n) is 3.08. The first-order valence-electron chi connectivity index (χ1n) is 7.73. The van der Waals surface area contributed by atoms with E-state index in [2.05, 4.69) is 5.32 Å². The van der Waals surface area contributed by atoms with Crippen molar-refractivity contribution in [1.29, 1.82) is 0 Å². The Morgan fingerprint density at radius 3 is 2.83 bits per heavy atom. The van der Waals surface area contributed by atoms with Gasteiger partial charge in [-0.05, 0) is 49.6 Å². The number of halogens is 3. The number of nitrogens with one attached hydrogen (secondary N) is 1. The summed E-state index contributed by atoms with van der Waals surface area (Å²) in [5.41, 5.74) is 2.76. The molecule has 126 valence electrons.